The van der Waals surface area contributed by atoms with Crippen molar-refractivity contribution < 1.29 is 0 Å². The zero-order valence-electron chi connectivity index (χ0n) is 9.18. The topological polar surface area (TPSA) is 15.3 Å². The lowest BCUT2D eigenvalue weighted by Crippen LogP contribution is -2.37. The normalized spacial score (nSPS) is 20.8. The summed E-state index contributed by atoms with van der Waals surface area (Å²) in [6.45, 7) is 7.46. The van der Waals surface area contributed by atoms with Gasteiger partial charge in [-0.2, -0.15) is 0 Å². The molecule has 1 N–H and O–H groups in total. The molecule has 1 aliphatic rings. The molecular weight excluding hydrogens is 160 g/mol. The zero-order chi connectivity index (χ0) is 9.52. The van der Waals surface area contributed by atoms with Gasteiger partial charge in [-0.3, -0.25) is 0 Å². The van der Waals surface area contributed by atoms with Crippen molar-refractivity contribution in [2.24, 2.45) is 5.92 Å². The first-order valence-corrected chi connectivity index (χ1v) is 5.73. The minimum Gasteiger partial charge on any atom is -0.319 e. The summed E-state index contributed by atoms with van der Waals surface area (Å²) >= 11 is 0. The van der Waals surface area contributed by atoms with E-state index in [4.69, 9.17) is 0 Å². The molecule has 1 rings (SSSR count). The molecule has 78 valence electrons. The van der Waals surface area contributed by atoms with E-state index in [2.05, 4.69) is 24.2 Å². The molecule has 1 saturated heterocycles. The summed E-state index contributed by atoms with van der Waals surface area (Å²) in [6.07, 6.45) is 5.49. The molecule has 2 heteroatoms. The lowest BCUT2D eigenvalue weighted by atomic mass is 9.97. The Bertz CT molecular complexity index is 117. The minimum atomic E-state index is 0.933. The molecule has 0 atom stereocenters. The van der Waals surface area contributed by atoms with E-state index in [1.54, 1.807) is 0 Å². The van der Waals surface area contributed by atoms with Gasteiger partial charge in [0.1, 0.15) is 0 Å². The van der Waals surface area contributed by atoms with Crippen LogP contribution in [0.3, 0.4) is 0 Å². The predicted molar refractivity (Wildman–Crippen MR) is 58.0 cm³/mol. The van der Waals surface area contributed by atoms with Crippen LogP contribution in [-0.2, 0) is 0 Å². The Labute approximate surface area is 82.7 Å². The van der Waals surface area contributed by atoms with E-state index in [1.165, 1.54) is 51.9 Å². The van der Waals surface area contributed by atoms with E-state index >= 15 is 0 Å². The fourth-order valence-corrected chi connectivity index (χ4v) is 2.08. The maximum absolute atomic E-state index is 3.28. The molecule has 0 aliphatic carbocycles. The minimum absolute atomic E-state index is 0.933. The molecule has 0 aromatic rings. The van der Waals surface area contributed by atoms with Crippen molar-refractivity contribution in [3.8, 4) is 0 Å². The Balaban J connectivity index is 2.08. The van der Waals surface area contributed by atoms with Gasteiger partial charge in [0.05, 0.1) is 0 Å². The Morgan fingerprint density at radius 1 is 1.31 bits per heavy atom. The highest BCUT2D eigenvalue weighted by molar-refractivity contribution is 4.72. The van der Waals surface area contributed by atoms with E-state index in [0.717, 1.165) is 5.92 Å². The van der Waals surface area contributed by atoms with Gasteiger partial charge in [0.2, 0.25) is 0 Å². The summed E-state index contributed by atoms with van der Waals surface area (Å²) in [5.74, 6) is 0.933. The Kier molecular flexibility index (Phi) is 5.40. The van der Waals surface area contributed by atoms with Crippen LogP contribution in [0, 0.1) is 5.92 Å². The van der Waals surface area contributed by atoms with E-state index in [-0.39, 0.29) is 0 Å². The number of nitrogens with one attached hydrogen (secondary N) is 1. The van der Waals surface area contributed by atoms with Gasteiger partial charge in [-0.15, -0.1) is 0 Å². The quantitative estimate of drug-likeness (QED) is 0.700. The SMILES string of the molecule is CCCCN1CCC(CNC)CC1. The zero-order valence-corrected chi connectivity index (χ0v) is 9.18. The average molecular weight is 184 g/mol. The van der Waals surface area contributed by atoms with E-state index < -0.39 is 0 Å². The summed E-state index contributed by atoms with van der Waals surface area (Å²) in [4.78, 5) is 2.62. The number of rotatable bonds is 5. The average Bonchev–Trinajstić information content (AvgIpc) is 2.17. The molecule has 0 amide bonds. The summed E-state index contributed by atoms with van der Waals surface area (Å²) in [5, 5.41) is 3.28. The third-order valence-electron chi connectivity index (χ3n) is 3.03. The third-order valence-corrected chi connectivity index (χ3v) is 3.03. The second-order valence-corrected chi connectivity index (χ2v) is 4.20. The Hall–Kier alpha value is -0.0800. The molecule has 13 heavy (non-hydrogen) atoms. The largest absolute Gasteiger partial charge is 0.319 e. The second kappa shape index (κ2) is 6.39. The molecule has 0 aromatic carbocycles. The van der Waals surface area contributed by atoms with Crippen molar-refractivity contribution in [3.63, 3.8) is 0 Å². The predicted octanol–water partition coefficient (Wildman–Crippen LogP) is 1.72. The smallest absolute Gasteiger partial charge is 0.00156 e. The van der Waals surface area contributed by atoms with Crippen LogP contribution in [0.1, 0.15) is 32.6 Å². The standard InChI is InChI=1S/C11H24N2/c1-3-4-7-13-8-5-11(6-9-13)10-12-2/h11-12H,3-10H2,1-2H3. The summed E-state index contributed by atoms with van der Waals surface area (Å²) in [5.41, 5.74) is 0. The second-order valence-electron chi connectivity index (χ2n) is 4.20. The fraction of sp³-hybridized carbons (Fsp3) is 1.00. The third kappa shape index (κ3) is 4.10. The van der Waals surface area contributed by atoms with E-state index in [1.807, 2.05) is 0 Å². The number of hydrogen-bond acceptors (Lipinski definition) is 2. The van der Waals surface area contributed by atoms with Gasteiger partial charge in [-0.1, -0.05) is 13.3 Å². The lowest BCUT2D eigenvalue weighted by molar-refractivity contribution is 0.181. The van der Waals surface area contributed by atoms with Crippen molar-refractivity contribution in [1.29, 1.82) is 0 Å². The first kappa shape index (κ1) is 11.0. The molecule has 0 unspecified atom stereocenters. The Morgan fingerprint density at radius 2 is 2.00 bits per heavy atom. The monoisotopic (exact) mass is 184 g/mol. The fourth-order valence-electron chi connectivity index (χ4n) is 2.08. The van der Waals surface area contributed by atoms with Crippen LogP contribution in [0.15, 0.2) is 0 Å². The van der Waals surface area contributed by atoms with Crippen molar-refractivity contribution >= 4 is 0 Å². The molecule has 0 radical (unpaired) electrons. The maximum atomic E-state index is 3.28. The first-order chi connectivity index (χ1) is 6.36. The Morgan fingerprint density at radius 3 is 2.54 bits per heavy atom. The van der Waals surface area contributed by atoms with Gasteiger partial charge < -0.3 is 10.2 Å². The van der Waals surface area contributed by atoms with Gasteiger partial charge >= 0.3 is 0 Å². The van der Waals surface area contributed by atoms with Crippen LogP contribution in [0.2, 0.25) is 0 Å². The van der Waals surface area contributed by atoms with Crippen molar-refractivity contribution in [1.82, 2.24) is 10.2 Å². The lowest BCUT2D eigenvalue weighted by Gasteiger charge is -2.31. The molecule has 0 spiro atoms. The van der Waals surface area contributed by atoms with Crippen molar-refractivity contribution in [2.45, 2.75) is 32.6 Å². The van der Waals surface area contributed by atoms with Gasteiger partial charge in [0.15, 0.2) is 0 Å². The van der Waals surface area contributed by atoms with Crippen LogP contribution in [0.4, 0.5) is 0 Å². The number of nitrogens with zero attached hydrogens (tertiary/aromatic N) is 1. The molecule has 1 aliphatic heterocycles. The highest BCUT2D eigenvalue weighted by Gasteiger charge is 2.17. The molecule has 0 bridgehead atoms. The highest BCUT2D eigenvalue weighted by Crippen LogP contribution is 2.16. The van der Waals surface area contributed by atoms with Crippen molar-refractivity contribution in [3.05, 3.63) is 0 Å². The summed E-state index contributed by atoms with van der Waals surface area (Å²) < 4.78 is 0. The summed E-state index contributed by atoms with van der Waals surface area (Å²) in [6, 6.07) is 0. The van der Waals surface area contributed by atoms with Gasteiger partial charge in [0.25, 0.3) is 0 Å². The van der Waals surface area contributed by atoms with Crippen LogP contribution in [-0.4, -0.2) is 38.1 Å². The van der Waals surface area contributed by atoms with Crippen LogP contribution >= 0.6 is 0 Å². The van der Waals surface area contributed by atoms with Gasteiger partial charge in [-0.25, -0.2) is 0 Å². The number of hydrogen-bond donors (Lipinski definition) is 1. The molecule has 1 heterocycles. The van der Waals surface area contributed by atoms with Gasteiger partial charge in [0, 0.05) is 0 Å². The van der Waals surface area contributed by atoms with Crippen molar-refractivity contribution in [2.75, 3.05) is 33.2 Å². The molecule has 0 saturated carbocycles. The van der Waals surface area contributed by atoms with E-state index in [0.29, 0.717) is 0 Å². The molecule has 1 fully saturated rings. The number of unbranched alkanes of at least 4 members (excludes halogenated alkanes) is 1. The number of piperidine rings is 1. The highest BCUT2D eigenvalue weighted by atomic mass is 15.1. The maximum Gasteiger partial charge on any atom is -0.00156 e. The van der Waals surface area contributed by atoms with Gasteiger partial charge in [-0.05, 0) is 58.4 Å². The van der Waals surface area contributed by atoms with Crippen LogP contribution in [0.5, 0.6) is 0 Å². The number of likely N-dealkylation sites (tertiary alicyclic amines) is 1. The molecule has 2 nitrogen and oxygen atoms in total. The van der Waals surface area contributed by atoms with Crippen LogP contribution in [0.25, 0.3) is 0 Å². The van der Waals surface area contributed by atoms with Crippen LogP contribution < -0.4 is 5.32 Å². The van der Waals surface area contributed by atoms with E-state index in [9.17, 15) is 0 Å². The molecule has 0 aromatic heterocycles. The first-order valence-electron chi connectivity index (χ1n) is 5.73. The molecular formula is C11H24N2. The summed E-state index contributed by atoms with van der Waals surface area (Å²) in [7, 11) is 2.06.